The van der Waals surface area contributed by atoms with Gasteiger partial charge in [-0.05, 0) is 37.6 Å². The van der Waals surface area contributed by atoms with Crippen LogP contribution in [0.2, 0.25) is 0 Å². The van der Waals surface area contributed by atoms with Crippen LogP contribution in [0.4, 0.5) is 0 Å². The molecule has 3 rings (SSSR count). The molecule has 0 bridgehead atoms. The summed E-state index contributed by atoms with van der Waals surface area (Å²) in [6.45, 7) is 6.96. The molecule has 0 aromatic heterocycles. The molecule has 0 saturated heterocycles. The van der Waals surface area contributed by atoms with Gasteiger partial charge >= 0.3 is 0 Å². The number of rotatable bonds is 22. The van der Waals surface area contributed by atoms with E-state index in [0.717, 1.165) is 31.4 Å². The predicted molar refractivity (Wildman–Crippen MR) is 169 cm³/mol. The molecule has 1 unspecified atom stereocenters. The number of aliphatic hydroxyl groups is 1. The molecule has 0 spiro atoms. The third kappa shape index (κ3) is 12.6. The molecule has 1 aliphatic rings. The van der Waals surface area contributed by atoms with E-state index in [1.54, 1.807) is 0 Å². The Morgan fingerprint density at radius 3 is 1.83 bits per heavy atom. The smallest absolute Gasteiger partial charge is 0.102 e. The molecule has 0 amide bonds. The summed E-state index contributed by atoms with van der Waals surface area (Å²) in [6, 6.07) is 20.8. The maximum Gasteiger partial charge on any atom is 0.102 e. The first-order valence-corrected chi connectivity index (χ1v) is 16.4. The number of aliphatic hydroxyl groups excluding tert-OH is 1. The standard InChI is InChI=1S/C36H57NO4/c1-4-6-8-10-18-24-32(38)29-41-36-34(40-28-31-22-16-13-17-23-31)26-33(39-27-30-20-14-12-15-21-30)35(36)37(3)25-19-11-9-7-5-2/h12-17,20-23,32-36,38H,4-11,18-19,24-29H2,1-3H3/t32?,33-,34+,35+,36+/m1/s1. The second-order valence-corrected chi connectivity index (χ2v) is 11.9. The van der Waals surface area contributed by atoms with Crippen LogP contribution in [0, 0.1) is 0 Å². The van der Waals surface area contributed by atoms with Crippen LogP contribution >= 0.6 is 0 Å². The van der Waals surface area contributed by atoms with E-state index in [0.29, 0.717) is 19.8 Å². The number of nitrogens with zero attached hydrogens (tertiary/aromatic N) is 1. The van der Waals surface area contributed by atoms with Crippen molar-refractivity contribution in [2.75, 3.05) is 20.2 Å². The normalized spacial score (nSPS) is 21.5. The van der Waals surface area contributed by atoms with E-state index in [1.165, 1.54) is 63.4 Å². The first-order chi connectivity index (χ1) is 20.1. The molecule has 1 saturated carbocycles. The van der Waals surface area contributed by atoms with Gasteiger partial charge in [0.1, 0.15) is 6.10 Å². The number of likely N-dealkylation sites (N-methyl/N-ethyl adjacent to an activating group) is 1. The largest absolute Gasteiger partial charge is 0.391 e. The number of hydrogen-bond donors (Lipinski definition) is 1. The SMILES string of the molecule is CCCCCCCC(O)CO[C@@H]1[C@@H](N(C)CCCCCCC)[C@H](OCc2ccccc2)C[C@@H]1OCc1ccccc1. The van der Waals surface area contributed by atoms with Crippen molar-refractivity contribution in [3.8, 4) is 0 Å². The number of unbranched alkanes of at least 4 members (excludes halogenated alkanes) is 8. The van der Waals surface area contributed by atoms with Gasteiger partial charge in [0.05, 0.1) is 44.2 Å². The fourth-order valence-electron chi connectivity index (χ4n) is 5.96. The summed E-state index contributed by atoms with van der Waals surface area (Å²) >= 11 is 0. The van der Waals surface area contributed by atoms with Crippen LogP contribution in [-0.2, 0) is 27.4 Å². The summed E-state index contributed by atoms with van der Waals surface area (Å²) in [6.07, 6.45) is 13.1. The van der Waals surface area contributed by atoms with E-state index in [-0.39, 0.29) is 24.4 Å². The van der Waals surface area contributed by atoms with E-state index < -0.39 is 6.10 Å². The van der Waals surface area contributed by atoms with Crippen LogP contribution in [0.25, 0.3) is 0 Å². The summed E-state index contributed by atoms with van der Waals surface area (Å²) in [5, 5.41) is 10.8. The average Bonchev–Trinajstić information content (AvgIpc) is 3.36. The highest BCUT2D eigenvalue weighted by Gasteiger charge is 2.47. The van der Waals surface area contributed by atoms with Crippen molar-refractivity contribution in [2.24, 2.45) is 0 Å². The van der Waals surface area contributed by atoms with E-state index in [1.807, 2.05) is 12.1 Å². The molecule has 2 aromatic carbocycles. The van der Waals surface area contributed by atoms with Gasteiger partial charge < -0.3 is 19.3 Å². The zero-order chi connectivity index (χ0) is 29.1. The fraction of sp³-hybridized carbons (Fsp3) is 0.667. The minimum absolute atomic E-state index is 0.00666. The maximum atomic E-state index is 10.8. The van der Waals surface area contributed by atoms with E-state index in [4.69, 9.17) is 14.2 Å². The molecule has 230 valence electrons. The average molecular weight is 568 g/mol. The molecule has 5 atom stereocenters. The summed E-state index contributed by atoms with van der Waals surface area (Å²) in [4.78, 5) is 2.44. The zero-order valence-corrected chi connectivity index (χ0v) is 26.1. The molecular formula is C36H57NO4. The molecule has 5 heteroatoms. The van der Waals surface area contributed by atoms with Crippen molar-refractivity contribution >= 4 is 0 Å². The fourth-order valence-corrected chi connectivity index (χ4v) is 5.96. The molecule has 1 aliphatic carbocycles. The first-order valence-electron chi connectivity index (χ1n) is 16.4. The Balaban J connectivity index is 1.69. The zero-order valence-electron chi connectivity index (χ0n) is 26.1. The lowest BCUT2D eigenvalue weighted by atomic mass is 10.1. The highest BCUT2D eigenvalue weighted by Crippen LogP contribution is 2.33. The van der Waals surface area contributed by atoms with Gasteiger partial charge in [-0.2, -0.15) is 0 Å². The monoisotopic (exact) mass is 567 g/mol. The Kier molecular flexibility index (Phi) is 16.6. The lowest BCUT2D eigenvalue weighted by Gasteiger charge is -2.35. The third-order valence-electron chi connectivity index (χ3n) is 8.41. The van der Waals surface area contributed by atoms with Crippen LogP contribution in [0.3, 0.4) is 0 Å². The van der Waals surface area contributed by atoms with E-state index in [2.05, 4.69) is 74.3 Å². The second-order valence-electron chi connectivity index (χ2n) is 11.9. The molecule has 5 nitrogen and oxygen atoms in total. The third-order valence-corrected chi connectivity index (χ3v) is 8.41. The quantitative estimate of drug-likeness (QED) is 0.146. The molecule has 0 aliphatic heterocycles. The number of benzene rings is 2. The van der Waals surface area contributed by atoms with E-state index >= 15 is 0 Å². The van der Waals surface area contributed by atoms with Gasteiger partial charge in [-0.1, -0.05) is 132 Å². The number of hydrogen-bond acceptors (Lipinski definition) is 5. The van der Waals surface area contributed by atoms with Gasteiger partial charge in [-0.25, -0.2) is 0 Å². The molecular weight excluding hydrogens is 510 g/mol. The van der Waals surface area contributed by atoms with Gasteiger partial charge in [0.25, 0.3) is 0 Å². The Bertz CT molecular complexity index is 895. The van der Waals surface area contributed by atoms with Gasteiger partial charge in [0, 0.05) is 6.42 Å². The van der Waals surface area contributed by atoms with Gasteiger partial charge in [-0.3, -0.25) is 4.90 Å². The highest BCUT2D eigenvalue weighted by atomic mass is 16.6. The molecule has 2 aromatic rings. The van der Waals surface area contributed by atoms with Gasteiger partial charge in [-0.15, -0.1) is 0 Å². The number of ether oxygens (including phenoxy) is 3. The lowest BCUT2D eigenvalue weighted by Crippen LogP contribution is -2.49. The lowest BCUT2D eigenvalue weighted by molar-refractivity contribution is -0.107. The summed E-state index contributed by atoms with van der Waals surface area (Å²) < 4.78 is 19.8. The van der Waals surface area contributed by atoms with Crippen LogP contribution in [-0.4, -0.2) is 60.7 Å². The summed E-state index contributed by atoms with van der Waals surface area (Å²) in [7, 11) is 2.21. The molecule has 0 heterocycles. The van der Waals surface area contributed by atoms with Crippen molar-refractivity contribution in [3.63, 3.8) is 0 Å². The van der Waals surface area contributed by atoms with Crippen LogP contribution < -0.4 is 0 Å². The van der Waals surface area contributed by atoms with Crippen molar-refractivity contribution < 1.29 is 19.3 Å². The first kappa shape index (κ1) is 33.7. The van der Waals surface area contributed by atoms with Crippen LogP contribution in [0.5, 0.6) is 0 Å². The van der Waals surface area contributed by atoms with Crippen LogP contribution in [0.15, 0.2) is 60.7 Å². The molecule has 0 radical (unpaired) electrons. The summed E-state index contributed by atoms with van der Waals surface area (Å²) in [5.41, 5.74) is 2.34. The minimum atomic E-state index is -0.448. The second kappa shape index (κ2) is 20.2. The Morgan fingerprint density at radius 1 is 0.707 bits per heavy atom. The van der Waals surface area contributed by atoms with Crippen molar-refractivity contribution in [1.82, 2.24) is 4.90 Å². The van der Waals surface area contributed by atoms with Crippen LogP contribution in [0.1, 0.15) is 102 Å². The molecule has 41 heavy (non-hydrogen) atoms. The van der Waals surface area contributed by atoms with Crippen molar-refractivity contribution in [2.45, 2.75) is 135 Å². The Hall–Kier alpha value is -1.76. The van der Waals surface area contributed by atoms with Gasteiger partial charge in [0.15, 0.2) is 0 Å². The van der Waals surface area contributed by atoms with E-state index in [9.17, 15) is 5.11 Å². The molecule has 1 fully saturated rings. The highest BCUT2D eigenvalue weighted by molar-refractivity contribution is 5.15. The predicted octanol–water partition coefficient (Wildman–Crippen LogP) is 7.94. The van der Waals surface area contributed by atoms with Gasteiger partial charge in [0.2, 0.25) is 0 Å². The molecule has 1 N–H and O–H groups in total. The summed E-state index contributed by atoms with van der Waals surface area (Å²) in [5.74, 6) is 0. The minimum Gasteiger partial charge on any atom is -0.391 e. The van der Waals surface area contributed by atoms with Crippen molar-refractivity contribution in [1.29, 1.82) is 0 Å². The topological polar surface area (TPSA) is 51.2 Å². The Labute approximate surface area is 250 Å². The Morgan fingerprint density at radius 2 is 1.24 bits per heavy atom. The van der Waals surface area contributed by atoms with Crippen molar-refractivity contribution in [3.05, 3.63) is 71.8 Å². The maximum absolute atomic E-state index is 10.8.